The number of benzene rings is 1. The van der Waals surface area contributed by atoms with Crippen LogP contribution in [-0.2, 0) is 4.79 Å². The molecule has 0 atom stereocenters. The zero-order chi connectivity index (χ0) is 14.5. The van der Waals surface area contributed by atoms with Crippen LogP contribution in [0.4, 0.5) is 22.0 Å². The predicted molar refractivity (Wildman–Crippen MR) is 74.6 cm³/mol. The van der Waals surface area contributed by atoms with Gasteiger partial charge in [0.1, 0.15) is 5.76 Å². The topological polar surface area (TPSA) is 96.3 Å². The lowest BCUT2D eigenvalue weighted by Crippen LogP contribution is -2.19. The Labute approximate surface area is 115 Å². The highest BCUT2D eigenvalue weighted by molar-refractivity contribution is 5.99. The summed E-state index contributed by atoms with van der Waals surface area (Å²) in [5.41, 5.74) is 1.15. The fourth-order valence-electron chi connectivity index (χ4n) is 1.58. The highest BCUT2D eigenvalue weighted by atomic mass is 16.5. The molecule has 0 spiro atoms. The van der Waals surface area contributed by atoms with Crippen molar-refractivity contribution in [2.24, 2.45) is 0 Å². The molecule has 3 N–H and O–H groups in total. The molecule has 20 heavy (non-hydrogen) atoms. The van der Waals surface area contributed by atoms with E-state index in [4.69, 9.17) is 4.52 Å². The maximum atomic E-state index is 11.7. The second-order valence-corrected chi connectivity index (χ2v) is 4.16. The predicted octanol–water partition coefficient (Wildman–Crippen LogP) is 2.59. The molecule has 1 aromatic carbocycles. The van der Waals surface area contributed by atoms with E-state index in [2.05, 4.69) is 21.1 Å². The quantitative estimate of drug-likeness (QED) is 0.801. The SMILES string of the molecule is CC(=O)Nc1cccc(NC(=O)Nc2cc(C)on2)c1. The minimum Gasteiger partial charge on any atom is -0.360 e. The number of aryl methyl sites for hydroxylation is 1. The lowest BCUT2D eigenvalue weighted by atomic mass is 10.3. The zero-order valence-electron chi connectivity index (χ0n) is 11.1. The van der Waals surface area contributed by atoms with Gasteiger partial charge in [-0.25, -0.2) is 4.79 Å². The third-order valence-corrected chi connectivity index (χ3v) is 2.31. The first-order chi connectivity index (χ1) is 9.52. The van der Waals surface area contributed by atoms with Crippen LogP contribution in [0, 0.1) is 6.92 Å². The minimum absolute atomic E-state index is 0.176. The van der Waals surface area contributed by atoms with Gasteiger partial charge in [-0.15, -0.1) is 0 Å². The highest BCUT2D eigenvalue weighted by Gasteiger charge is 2.06. The maximum absolute atomic E-state index is 11.7. The van der Waals surface area contributed by atoms with E-state index in [9.17, 15) is 9.59 Å². The number of aromatic nitrogens is 1. The number of nitrogens with zero attached hydrogens (tertiary/aromatic N) is 1. The Morgan fingerprint density at radius 3 is 2.40 bits per heavy atom. The van der Waals surface area contributed by atoms with Crippen LogP contribution >= 0.6 is 0 Å². The van der Waals surface area contributed by atoms with E-state index < -0.39 is 6.03 Å². The molecule has 0 aliphatic heterocycles. The van der Waals surface area contributed by atoms with Gasteiger partial charge in [0.05, 0.1) is 0 Å². The van der Waals surface area contributed by atoms with Crippen molar-refractivity contribution >= 4 is 29.1 Å². The summed E-state index contributed by atoms with van der Waals surface area (Å²) in [7, 11) is 0. The summed E-state index contributed by atoms with van der Waals surface area (Å²) < 4.78 is 4.84. The number of anilines is 3. The van der Waals surface area contributed by atoms with Crippen LogP contribution in [0.5, 0.6) is 0 Å². The molecule has 2 rings (SSSR count). The molecule has 2 aromatic rings. The molecule has 0 radical (unpaired) electrons. The molecule has 7 nitrogen and oxygen atoms in total. The van der Waals surface area contributed by atoms with Gasteiger partial charge in [-0.2, -0.15) is 0 Å². The van der Waals surface area contributed by atoms with Crippen LogP contribution in [0.3, 0.4) is 0 Å². The molecule has 104 valence electrons. The Bertz CT molecular complexity index is 636. The molecule has 0 saturated heterocycles. The summed E-state index contributed by atoms with van der Waals surface area (Å²) >= 11 is 0. The molecule has 0 unspecified atom stereocenters. The van der Waals surface area contributed by atoms with Gasteiger partial charge >= 0.3 is 6.03 Å². The first-order valence-electron chi connectivity index (χ1n) is 5.92. The fraction of sp³-hybridized carbons (Fsp3) is 0.154. The van der Waals surface area contributed by atoms with Crippen LogP contribution in [-0.4, -0.2) is 17.1 Å². The largest absolute Gasteiger partial charge is 0.360 e. The minimum atomic E-state index is -0.446. The number of nitrogens with one attached hydrogen (secondary N) is 3. The van der Waals surface area contributed by atoms with Crippen molar-refractivity contribution in [3.05, 3.63) is 36.1 Å². The van der Waals surface area contributed by atoms with E-state index >= 15 is 0 Å². The molecule has 0 saturated carbocycles. The Balaban J connectivity index is 1.98. The van der Waals surface area contributed by atoms with Crippen LogP contribution in [0.1, 0.15) is 12.7 Å². The van der Waals surface area contributed by atoms with Crippen molar-refractivity contribution < 1.29 is 14.1 Å². The van der Waals surface area contributed by atoms with Crippen LogP contribution < -0.4 is 16.0 Å². The molecule has 3 amide bonds. The van der Waals surface area contributed by atoms with Crippen molar-refractivity contribution in [2.45, 2.75) is 13.8 Å². The summed E-state index contributed by atoms with van der Waals surface area (Å²) in [5.74, 6) is 0.760. The molecule has 7 heteroatoms. The summed E-state index contributed by atoms with van der Waals surface area (Å²) in [6.45, 7) is 3.15. The number of hydrogen-bond acceptors (Lipinski definition) is 4. The van der Waals surface area contributed by atoms with Crippen LogP contribution in [0.15, 0.2) is 34.9 Å². The summed E-state index contributed by atoms with van der Waals surface area (Å²) in [4.78, 5) is 22.7. The van der Waals surface area contributed by atoms with Gasteiger partial charge in [-0.1, -0.05) is 11.2 Å². The summed E-state index contributed by atoms with van der Waals surface area (Å²) in [6, 6.07) is 7.96. The molecule has 0 aliphatic carbocycles. The summed E-state index contributed by atoms with van der Waals surface area (Å²) in [6.07, 6.45) is 0. The number of carbonyl (C=O) groups is 2. The first kappa shape index (κ1) is 13.6. The monoisotopic (exact) mass is 274 g/mol. The van der Waals surface area contributed by atoms with Gasteiger partial charge < -0.3 is 15.2 Å². The standard InChI is InChI=1S/C13H14N4O3/c1-8-6-12(17-20-8)16-13(19)15-11-5-3-4-10(7-11)14-9(2)18/h3-7H,1-2H3,(H,14,18)(H2,15,16,17,19). The Kier molecular flexibility index (Phi) is 3.99. The van der Waals surface area contributed by atoms with Crippen LogP contribution in [0.2, 0.25) is 0 Å². The average molecular weight is 274 g/mol. The zero-order valence-corrected chi connectivity index (χ0v) is 11.1. The highest BCUT2D eigenvalue weighted by Crippen LogP contribution is 2.15. The van der Waals surface area contributed by atoms with Gasteiger partial charge in [0.25, 0.3) is 0 Å². The van der Waals surface area contributed by atoms with Crippen molar-refractivity contribution in [1.82, 2.24) is 5.16 Å². The van der Waals surface area contributed by atoms with E-state index in [1.54, 1.807) is 37.3 Å². The van der Waals surface area contributed by atoms with Gasteiger partial charge in [0, 0.05) is 24.4 Å². The fourth-order valence-corrected chi connectivity index (χ4v) is 1.58. The number of hydrogen-bond donors (Lipinski definition) is 3. The van der Waals surface area contributed by atoms with Crippen molar-refractivity contribution in [2.75, 3.05) is 16.0 Å². The number of carbonyl (C=O) groups excluding carboxylic acids is 2. The Morgan fingerprint density at radius 2 is 1.80 bits per heavy atom. The second kappa shape index (κ2) is 5.87. The number of urea groups is 1. The number of rotatable bonds is 3. The van der Waals surface area contributed by atoms with E-state index in [-0.39, 0.29) is 5.91 Å². The summed E-state index contributed by atoms with van der Waals surface area (Å²) in [5, 5.41) is 11.4. The molecule has 0 bridgehead atoms. The number of amides is 3. The Morgan fingerprint density at radius 1 is 1.10 bits per heavy atom. The lowest BCUT2D eigenvalue weighted by molar-refractivity contribution is -0.114. The van der Waals surface area contributed by atoms with Gasteiger partial charge in [-0.05, 0) is 25.1 Å². The normalized spacial score (nSPS) is 9.90. The average Bonchev–Trinajstić information content (AvgIpc) is 2.74. The molecule has 0 aliphatic rings. The third-order valence-electron chi connectivity index (χ3n) is 2.31. The molecule has 1 heterocycles. The maximum Gasteiger partial charge on any atom is 0.324 e. The Hall–Kier alpha value is -2.83. The van der Waals surface area contributed by atoms with Gasteiger partial charge in [-0.3, -0.25) is 10.1 Å². The van der Waals surface area contributed by atoms with E-state index in [0.29, 0.717) is 23.0 Å². The van der Waals surface area contributed by atoms with Crippen molar-refractivity contribution in [1.29, 1.82) is 0 Å². The lowest BCUT2D eigenvalue weighted by Gasteiger charge is -2.07. The smallest absolute Gasteiger partial charge is 0.324 e. The molecule has 1 aromatic heterocycles. The molecular formula is C13H14N4O3. The van der Waals surface area contributed by atoms with Crippen LogP contribution in [0.25, 0.3) is 0 Å². The molecule has 0 fully saturated rings. The second-order valence-electron chi connectivity index (χ2n) is 4.16. The van der Waals surface area contributed by atoms with E-state index in [1.165, 1.54) is 6.92 Å². The van der Waals surface area contributed by atoms with E-state index in [0.717, 1.165) is 0 Å². The third kappa shape index (κ3) is 3.84. The first-order valence-corrected chi connectivity index (χ1v) is 5.92. The van der Waals surface area contributed by atoms with Gasteiger partial charge in [0.2, 0.25) is 5.91 Å². The van der Waals surface area contributed by atoms with E-state index in [1.807, 2.05) is 0 Å². The van der Waals surface area contributed by atoms with Gasteiger partial charge in [0.15, 0.2) is 5.82 Å². The van der Waals surface area contributed by atoms with Crippen molar-refractivity contribution in [3.8, 4) is 0 Å². The molecular weight excluding hydrogens is 260 g/mol. The van der Waals surface area contributed by atoms with Crippen molar-refractivity contribution in [3.63, 3.8) is 0 Å².